The Morgan fingerprint density at radius 3 is 2.72 bits per heavy atom. The summed E-state index contributed by atoms with van der Waals surface area (Å²) in [5.74, 6) is -0.0192. The highest BCUT2D eigenvalue weighted by Crippen LogP contribution is 2.00. The second kappa shape index (κ2) is 10.2. The summed E-state index contributed by atoms with van der Waals surface area (Å²) in [4.78, 5) is 11.2. The molecule has 0 bridgehead atoms. The van der Waals surface area contributed by atoms with Gasteiger partial charge in [-0.05, 0) is 25.6 Å². The summed E-state index contributed by atoms with van der Waals surface area (Å²) in [6, 6.07) is 0. The number of nitrogens with one attached hydrogen (secondary N) is 1. The molecule has 0 heterocycles. The molecular weight excluding hydrogens is 270 g/mol. The standard InChI is InChI=1S/C12H21NO3S2/c1-4-5-6-13-12(18)16-10(8-17)7-15-11(14)9(2)3/h10,17H,2,4-8H2,1,3H3,(H,13,18). The maximum Gasteiger partial charge on any atom is 0.333 e. The highest BCUT2D eigenvalue weighted by Gasteiger charge is 2.13. The molecule has 0 aliphatic heterocycles. The highest BCUT2D eigenvalue weighted by atomic mass is 32.1. The molecule has 0 aromatic rings. The van der Waals surface area contributed by atoms with Gasteiger partial charge >= 0.3 is 5.97 Å². The lowest BCUT2D eigenvalue weighted by Gasteiger charge is -2.18. The third-order valence-corrected chi connectivity index (χ3v) is 2.67. The van der Waals surface area contributed by atoms with Crippen LogP contribution in [0.2, 0.25) is 0 Å². The summed E-state index contributed by atoms with van der Waals surface area (Å²) in [7, 11) is 0. The Morgan fingerprint density at radius 2 is 2.22 bits per heavy atom. The highest BCUT2D eigenvalue weighted by molar-refractivity contribution is 7.80. The first kappa shape index (κ1) is 17.2. The van der Waals surface area contributed by atoms with Crippen molar-refractivity contribution in [2.45, 2.75) is 32.8 Å². The van der Waals surface area contributed by atoms with Gasteiger partial charge in [-0.25, -0.2) is 4.79 Å². The van der Waals surface area contributed by atoms with Crippen molar-refractivity contribution in [1.82, 2.24) is 5.32 Å². The van der Waals surface area contributed by atoms with Crippen LogP contribution in [0, 0.1) is 0 Å². The normalized spacial score (nSPS) is 11.5. The van der Waals surface area contributed by atoms with E-state index in [1.807, 2.05) is 0 Å². The molecule has 18 heavy (non-hydrogen) atoms. The molecule has 1 N–H and O–H groups in total. The second-order valence-electron chi connectivity index (χ2n) is 3.87. The molecule has 0 aromatic carbocycles. The number of esters is 1. The van der Waals surface area contributed by atoms with Crippen molar-refractivity contribution in [2.75, 3.05) is 18.9 Å². The smallest absolute Gasteiger partial charge is 0.333 e. The third-order valence-electron chi connectivity index (χ3n) is 2.03. The predicted octanol–water partition coefficient (Wildman–Crippen LogP) is 2.10. The molecule has 0 saturated heterocycles. The molecule has 1 unspecified atom stereocenters. The first-order valence-electron chi connectivity index (χ1n) is 5.89. The molecule has 0 rings (SSSR count). The second-order valence-corrected chi connectivity index (χ2v) is 4.60. The van der Waals surface area contributed by atoms with E-state index >= 15 is 0 Å². The molecule has 0 radical (unpaired) electrons. The Balaban J connectivity index is 3.92. The average molecular weight is 291 g/mol. The lowest BCUT2D eigenvalue weighted by atomic mass is 10.3. The molecule has 0 aliphatic carbocycles. The number of ether oxygens (including phenoxy) is 2. The fourth-order valence-corrected chi connectivity index (χ4v) is 1.39. The van der Waals surface area contributed by atoms with Gasteiger partial charge in [0.15, 0.2) is 0 Å². The van der Waals surface area contributed by atoms with Crippen LogP contribution < -0.4 is 5.32 Å². The van der Waals surface area contributed by atoms with Gasteiger partial charge in [0.1, 0.15) is 12.7 Å². The Labute approximate surface area is 120 Å². The van der Waals surface area contributed by atoms with E-state index < -0.39 is 5.97 Å². The minimum absolute atomic E-state index is 0.116. The minimum atomic E-state index is -0.435. The number of carbonyl (C=O) groups is 1. The molecule has 1 atom stereocenters. The Morgan fingerprint density at radius 1 is 1.56 bits per heavy atom. The topological polar surface area (TPSA) is 47.6 Å². The van der Waals surface area contributed by atoms with Gasteiger partial charge in [-0.1, -0.05) is 19.9 Å². The van der Waals surface area contributed by atoms with E-state index in [0.717, 1.165) is 19.4 Å². The quantitative estimate of drug-likeness (QED) is 0.236. The lowest BCUT2D eigenvalue weighted by Crippen LogP contribution is -2.33. The first-order chi connectivity index (χ1) is 8.51. The number of carbonyl (C=O) groups excluding carboxylic acids is 1. The van der Waals surface area contributed by atoms with E-state index in [9.17, 15) is 4.79 Å². The molecule has 0 aromatic heterocycles. The van der Waals surface area contributed by atoms with Gasteiger partial charge < -0.3 is 14.8 Å². The SMILES string of the molecule is C=C(C)C(=O)OCC(CS)OC(=S)NCCCC. The molecule has 4 nitrogen and oxygen atoms in total. The summed E-state index contributed by atoms with van der Waals surface area (Å²) in [5, 5.41) is 3.29. The summed E-state index contributed by atoms with van der Waals surface area (Å²) < 4.78 is 10.4. The largest absolute Gasteiger partial charge is 0.463 e. The minimum Gasteiger partial charge on any atom is -0.463 e. The summed E-state index contributed by atoms with van der Waals surface area (Å²) in [6.07, 6.45) is 1.76. The molecule has 0 aliphatic rings. The van der Waals surface area contributed by atoms with Crippen molar-refractivity contribution < 1.29 is 14.3 Å². The lowest BCUT2D eigenvalue weighted by molar-refractivity contribution is -0.141. The monoisotopic (exact) mass is 291 g/mol. The van der Waals surface area contributed by atoms with Crippen LogP contribution in [-0.2, 0) is 14.3 Å². The van der Waals surface area contributed by atoms with Crippen LogP contribution in [0.25, 0.3) is 0 Å². The van der Waals surface area contributed by atoms with Crippen molar-refractivity contribution in [3.63, 3.8) is 0 Å². The number of unbranched alkanes of at least 4 members (excludes halogenated alkanes) is 1. The van der Waals surface area contributed by atoms with Crippen molar-refractivity contribution in [1.29, 1.82) is 0 Å². The maximum absolute atomic E-state index is 11.2. The van der Waals surface area contributed by atoms with E-state index in [-0.39, 0.29) is 12.7 Å². The third kappa shape index (κ3) is 8.36. The van der Waals surface area contributed by atoms with Crippen molar-refractivity contribution in [3.05, 3.63) is 12.2 Å². The molecule has 0 spiro atoms. The molecule has 0 fully saturated rings. The fourth-order valence-electron chi connectivity index (χ4n) is 0.976. The number of thiol groups is 1. The van der Waals surface area contributed by atoms with E-state index in [2.05, 4.69) is 31.4 Å². The number of thiocarbonyl (C=S) groups is 1. The summed E-state index contributed by atoms with van der Waals surface area (Å²) in [5.41, 5.74) is 0.358. The van der Waals surface area contributed by atoms with Gasteiger partial charge in [-0.3, -0.25) is 0 Å². The Bertz CT molecular complexity index is 295. The van der Waals surface area contributed by atoms with Crippen LogP contribution in [0.15, 0.2) is 12.2 Å². The fraction of sp³-hybridized carbons (Fsp3) is 0.667. The van der Waals surface area contributed by atoms with E-state index in [4.69, 9.17) is 21.7 Å². The average Bonchev–Trinajstić information content (AvgIpc) is 2.34. The first-order valence-corrected chi connectivity index (χ1v) is 6.93. The zero-order valence-corrected chi connectivity index (χ0v) is 12.6. The molecule has 0 saturated carbocycles. The number of hydrogen-bond acceptors (Lipinski definition) is 5. The van der Waals surface area contributed by atoms with E-state index in [1.165, 1.54) is 0 Å². The van der Waals surface area contributed by atoms with Crippen LogP contribution >= 0.6 is 24.8 Å². The molecule has 6 heteroatoms. The van der Waals surface area contributed by atoms with Crippen LogP contribution in [-0.4, -0.2) is 36.2 Å². The predicted molar refractivity (Wildman–Crippen MR) is 80.0 cm³/mol. The number of rotatable bonds is 8. The van der Waals surface area contributed by atoms with Gasteiger partial charge in [-0.2, -0.15) is 12.6 Å². The van der Waals surface area contributed by atoms with E-state index in [1.54, 1.807) is 6.92 Å². The van der Waals surface area contributed by atoms with Crippen LogP contribution in [0.5, 0.6) is 0 Å². The van der Waals surface area contributed by atoms with E-state index in [0.29, 0.717) is 16.5 Å². The van der Waals surface area contributed by atoms with Gasteiger partial charge in [0.2, 0.25) is 0 Å². The zero-order chi connectivity index (χ0) is 14.0. The number of hydrogen-bond donors (Lipinski definition) is 2. The summed E-state index contributed by atoms with van der Waals surface area (Å²) >= 11 is 9.14. The Hall–Kier alpha value is -0.750. The van der Waals surface area contributed by atoms with Crippen molar-refractivity contribution in [2.24, 2.45) is 0 Å². The van der Waals surface area contributed by atoms with Crippen molar-refractivity contribution >= 4 is 36.0 Å². The zero-order valence-electron chi connectivity index (χ0n) is 10.9. The van der Waals surface area contributed by atoms with Gasteiger partial charge in [0, 0.05) is 17.9 Å². The van der Waals surface area contributed by atoms with Crippen LogP contribution in [0.1, 0.15) is 26.7 Å². The maximum atomic E-state index is 11.2. The van der Waals surface area contributed by atoms with Gasteiger partial charge in [-0.15, -0.1) is 0 Å². The Kier molecular flexibility index (Phi) is 9.77. The summed E-state index contributed by atoms with van der Waals surface area (Å²) in [6.45, 7) is 8.08. The molecule has 0 amide bonds. The van der Waals surface area contributed by atoms with Crippen molar-refractivity contribution in [3.8, 4) is 0 Å². The van der Waals surface area contributed by atoms with Crippen LogP contribution in [0.4, 0.5) is 0 Å². The van der Waals surface area contributed by atoms with Crippen LogP contribution in [0.3, 0.4) is 0 Å². The van der Waals surface area contributed by atoms with Gasteiger partial charge in [0.25, 0.3) is 5.17 Å². The molecular formula is C12H21NO3S2. The van der Waals surface area contributed by atoms with Gasteiger partial charge in [0.05, 0.1) is 0 Å². The molecule has 104 valence electrons.